The fraction of sp³-hybridized carbons (Fsp3) is 0.333. The summed E-state index contributed by atoms with van der Waals surface area (Å²) in [6.45, 7) is 0.609. The topological polar surface area (TPSA) is 92.8 Å². The highest BCUT2D eigenvalue weighted by atomic mass is 79.9. The summed E-state index contributed by atoms with van der Waals surface area (Å²) in [5.74, 6) is -0.999. The number of anilines is 1. The van der Waals surface area contributed by atoms with Crippen LogP contribution in [0.2, 0.25) is 0 Å². The van der Waals surface area contributed by atoms with E-state index in [2.05, 4.69) is 26.0 Å². The van der Waals surface area contributed by atoms with Gasteiger partial charge in [0.1, 0.15) is 0 Å². The van der Waals surface area contributed by atoms with Crippen LogP contribution in [0.4, 0.5) is 5.69 Å². The molecule has 0 radical (unpaired) electrons. The van der Waals surface area contributed by atoms with Crippen LogP contribution in [0, 0.1) is 5.92 Å². The third-order valence-electron chi connectivity index (χ3n) is 5.03. The SMILES string of the molecule is COC(=O)c1cccc(NC(=O)C2CCN(S(=O)(=O)Cc3ccc(Br)cc3)CC2)c1. The Morgan fingerprint density at radius 2 is 1.80 bits per heavy atom. The zero-order valence-electron chi connectivity index (χ0n) is 16.5. The first-order chi connectivity index (χ1) is 14.3. The second-order valence-electron chi connectivity index (χ2n) is 7.12. The van der Waals surface area contributed by atoms with Crippen molar-refractivity contribution in [3.63, 3.8) is 0 Å². The van der Waals surface area contributed by atoms with Crippen LogP contribution < -0.4 is 5.32 Å². The Labute approximate surface area is 184 Å². The zero-order valence-corrected chi connectivity index (χ0v) is 18.9. The van der Waals surface area contributed by atoms with Crippen molar-refractivity contribution in [2.75, 3.05) is 25.5 Å². The molecule has 1 amide bonds. The van der Waals surface area contributed by atoms with Crippen LogP contribution in [0.25, 0.3) is 0 Å². The highest BCUT2D eigenvalue weighted by Gasteiger charge is 2.31. The quantitative estimate of drug-likeness (QED) is 0.621. The Bertz CT molecular complexity index is 1020. The number of amides is 1. The van der Waals surface area contributed by atoms with Crippen molar-refractivity contribution in [2.24, 2.45) is 5.92 Å². The van der Waals surface area contributed by atoms with Crippen molar-refractivity contribution in [1.82, 2.24) is 4.31 Å². The highest BCUT2D eigenvalue weighted by molar-refractivity contribution is 9.10. The number of benzene rings is 2. The van der Waals surface area contributed by atoms with Crippen molar-refractivity contribution < 1.29 is 22.7 Å². The number of hydrogen-bond acceptors (Lipinski definition) is 5. The smallest absolute Gasteiger partial charge is 0.337 e. The molecule has 2 aromatic carbocycles. The minimum absolute atomic E-state index is 0.0581. The van der Waals surface area contributed by atoms with Crippen molar-refractivity contribution in [2.45, 2.75) is 18.6 Å². The molecule has 160 valence electrons. The molecule has 1 saturated heterocycles. The monoisotopic (exact) mass is 494 g/mol. The standard InChI is InChI=1S/C21H23BrN2O5S/c1-29-21(26)17-3-2-4-19(13-17)23-20(25)16-9-11-24(12-10-16)30(27,28)14-15-5-7-18(22)8-6-15/h2-8,13,16H,9-12,14H2,1H3,(H,23,25). The van der Waals surface area contributed by atoms with Gasteiger partial charge in [0.2, 0.25) is 15.9 Å². The predicted octanol–water partition coefficient (Wildman–Crippen LogP) is 3.42. The van der Waals surface area contributed by atoms with Crippen molar-refractivity contribution in [3.8, 4) is 0 Å². The molecule has 1 heterocycles. The number of carbonyl (C=O) groups excluding carboxylic acids is 2. The molecule has 0 saturated carbocycles. The summed E-state index contributed by atoms with van der Waals surface area (Å²) < 4.78 is 32.5. The lowest BCUT2D eigenvalue weighted by molar-refractivity contribution is -0.120. The second kappa shape index (κ2) is 9.72. The average molecular weight is 495 g/mol. The summed E-state index contributed by atoms with van der Waals surface area (Å²) in [6.07, 6.45) is 0.893. The lowest BCUT2D eigenvalue weighted by Gasteiger charge is -2.30. The maximum atomic E-state index is 12.7. The van der Waals surface area contributed by atoms with Gasteiger partial charge in [-0.05, 0) is 48.7 Å². The first-order valence-corrected chi connectivity index (χ1v) is 11.9. The number of piperidine rings is 1. The molecule has 0 aliphatic carbocycles. The number of nitrogens with one attached hydrogen (secondary N) is 1. The maximum Gasteiger partial charge on any atom is 0.337 e. The first kappa shape index (κ1) is 22.5. The van der Waals surface area contributed by atoms with E-state index in [1.807, 2.05) is 12.1 Å². The van der Waals surface area contributed by atoms with Gasteiger partial charge in [0.15, 0.2) is 0 Å². The molecule has 0 bridgehead atoms. The van der Waals surface area contributed by atoms with Gasteiger partial charge in [-0.1, -0.05) is 34.1 Å². The van der Waals surface area contributed by atoms with Gasteiger partial charge in [-0.2, -0.15) is 0 Å². The number of carbonyl (C=O) groups is 2. The van der Waals surface area contributed by atoms with E-state index >= 15 is 0 Å². The molecule has 3 rings (SSSR count). The number of sulfonamides is 1. The lowest BCUT2D eigenvalue weighted by Crippen LogP contribution is -2.41. The largest absolute Gasteiger partial charge is 0.465 e. The fourth-order valence-corrected chi connectivity index (χ4v) is 5.19. The van der Waals surface area contributed by atoms with E-state index in [-0.39, 0.29) is 17.6 Å². The molecule has 7 nitrogen and oxygen atoms in total. The molecule has 0 aromatic heterocycles. The third kappa shape index (κ3) is 5.68. The van der Waals surface area contributed by atoms with E-state index in [9.17, 15) is 18.0 Å². The van der Waals surface area contributed by atoms with Gasteiger partial charge in [-0.25, -0.2) is 17.5 Å². The Morgan fingerprint density at radius 3 is 2.43 bits per heavy atom. The van der Waals surface area contributed by atoms with Crippen LogP contribution in [-0.2, 0) is 25.3 Å². The normalized spacial score (nSPS) is 15.5. The van der Waals surface area contributed by atoms with E-state index in [0.717, 1.165) is 10.0 Å². The molecule has 9 heteroatoms. The maximum absolute atomic E-state index is 12.7. The zero-order chi connectivity index (χ0) is 21.7. The second-order valence-corrected chi connectivity index (χ2v) is 10.0. The highest BCUT2D eigenvalue weighted by Crippen LogP contribution is 2.24. The van der Waals surface area contributed by atoms with Crippen LogP contribution in [0.15, 0.2) is 53.0 Å². The summed E-state index contributed by atoms with van der Waals surface area (Å²) in [5, 5.41) is 2.81. The molecular weight excluding hydrogens is 472 g/mol. The molecular formula is C21H23BrN2O5S. The number of halogens is 1. The van der Waals surface area contributed by atoms with E-state index < -0.39 is 16.0 Å². The number of esters is 1. The van der Waals surface area contributed by atoms with Crippen molar-refractivity contribution >= 4 is 43.5 Å². The number of rotatable bonds is 6. The minimum Gasteiger partial charge on any atom is -0.465 e. The minimum atomic E-state index is -3.44. The van der Waals surface area contributed by atoms with Crippen molar-refractivity contribution in [3.05, 3.63) is 64.1 Å². The fourth-order valence-electron chi connectivity index (χ4n) is 3.36. The Balaban J connectivity index is 1.56. The average Bonchev–Trinajstić information content (AvgIpc) is 2.75. The summed E-state index contributed by atoms with van der Waals surface area (Å²) in [6, 6.07) is 13.7. The number of methoxy groups -OCH3 is 1. The van der Waals surface area contributed by atoms with Gasteiger partial charge >= 0.3 is 5.97 Å². The lowest BCUT2D eigenvalue weighted by atomic mass is 9.97. The molecule has 0 spiro atoms. The molecule has 1 fully saturated rings. The Morgan fingerprint density at radius 1 is 1.13 bits per heavy atom. The molecule has 2 aromatic rings. The summed E-state index contributed by atoms with van der Waals surface area (Å²) in [5.41, 5.74) is 1.58. The third-order valence-corrected chi connectivity index (χ3v) is 7.41. The van der Waals surface area contributed by atoms with Gasteiger partial charge < -0.3 is 10.1 Å². The van der Waals surface area contributed by atoms with Crippen molar-refractivity contribution in [1.29, 1.82) is 0 Å². The number of ether oxygens (including phenoxy) is 1. The van der Waals surface area contributed by atoms with E-state index in [4.69, 9.17) is 0 Å². The summed E-state index contributed by atoms with van der Waals surface area (Å²) in [4.78, 5) is 24.2. The molecule has 1 N–H and O–H groups in total. The first-order valence-electron chi connectivity index (χ1n) is 9.50. The molecule has 1 aliphatic rings. The summed E-state index contributed by atoms with van der Waals surface area (Å²) in [7, 11) is -2.14. The van der Waals surface area contributed by atoms with Crippen LogP contribution in [0.3, 0.4) is 0 Å². The van der Waals surface area contributed by atoms with Gasteiger partial charge in [0, 0.05) is 29.2 Å². The van der Waals surface area contributed by atoms with Gasteiger partial charge in [0.25, 0.3) is 0 Å². The van der Waals surface area contributed by atoms with Gasteiger partial charge in [-0.15, -0.1) is 0 Å². The van der Waals surface area contributed by atoms with E-state index in [0.29, 0.717) is 37.2 Å². The van der Waals surface area contributed by atoms with Crippen LogP contribution in [-0.4, -0.2) is 44.8 Å². The molecule has 0 atom stereocenters. The molecule has 30 heavy (non-hydrogen) atoms. The molecule has 1 aliphatic heterocycles. The predicted molar refractivity (Wildman–Crippen MR) is 117 cm³/mol. The Kier molecular flexibility index (Phi) is 7.27. The van der Waals surface area contributed by atoms with E-state index in [1.165, 1.54) is 11.4 Å². The molecule has 0 unspecified atom stereocenters. The van der Waals surface area contributed by atoms with Gasteiger partial charge in [0.05, 0.1) is 18.4 Å². The van der Waals surface area contributed by atoms with Crippen LogP contribution >= 0.6 is 15.9 Å². The van der Waals surface area contributed by atoms with Crippen LogP contribution in [0.5, 0.6) is 0 Å². The Hall–Kier alpha value is -2.23. The number of hydrogen-bond donors (Lipinski definition) is 1. The van der Waals surface area contributed by atoms with E-state index in [1.54, 1.807) is 36.4 Å². The number of nitrogens with zero attached hydrogens (tertiary/aromatic N) is 1. The summed E-state index contributed by atoms with van der Waals surface area (Å²) >= 11 is 3.34. The van der Waals surface area contributed by atoms with Crippen LogP contribution in [0.1, 0.15) is 28.8 Å². The van der Waals surface area contributed by atoms with Gasteiger partial charge in [-0.3, -0.25) is 4.79 Å².